The van der Waals surface area contributed by atoms with Gasteiger partial charge in [0.15, 0.2) is 0 Å². The number of likely N-dealkylation sites (tertiary alicyclic amines) is 1. The third-order valence-electron chi connectivity index (χ3n) is 12.1. The Kier molecular flexibility index (Phi) is 10.6. The summed E-state index contributed by atoms with van der Waals surface area (Å²) in [7, 11) is 1.76. The third kappa shape index (κ3) is 7.81. The molecule has 1 aliphatic carbocycles. The highest BCUT2D eigenvalue weighted by molar-refractivity contribution is 7.18. The molecule has 0 spiro atoms. The van der Waals surface area contributed by atoms with Crippen LogP contribution in [0.3, 0.4) is 0 Å². The number of rotatable bonds is 8. The number of pyridine rings is 1. The lowest BCUT2D eigenvalue weighted by molar-refractivity contribution is -0.141. The fourth-order valence-electron chi connectivity index (χ4n) is 9.09. The molecule has 3 aromatic heterocycles. The molecule has 8 rings (SSSR count). The van der Waals surface area contributed by atoms with E-state index in [4.69, 9.17) is 4.98 Å². The Morgan fingerprint density at radius 1 is 0.948 bits per heavy atom. The van der Waals surface area contributed by atoms with Gasteiger partial charge in [-0.1, -0.05) is 18.2 Å². The van der Waals surface area contributed by atoms with Crippen LogP contribution >= 0.6 is 11.3 Å². The van der Waals surface area contributed by atoms with Gasteiger partial charge in [-0.15, -0.1) is 11.3 Å². The molecule has 5 aromatic rings. The maximum Gasteiger partial charge on any atom is 0.433 e. The number of amides is 3. The zero-order chi connectivity index (χ0) is 41.1. The summed E-state index contributed by atoms with van der Waals surface area (Å²) >= 11 is 1.54. The Balaban J connectivity index is 0.897. The smallest absolute Gasteiger partial charge is 0.386 e. The minimum atomic E-state index is -4.69. The summed E-state index contributed by atoms with van der Waals surface area (Å²) in [6.45, 7) is 6.08. The number of alkyl halides is 3. The molecular weight excluding hydrogens is 772 g/mol. The van der Waals surface area contributed by atoms with Crippen molar-refractivity contribution in [3.8, 4) is 0 Å². The molecule has 0 bridgehead atoms. The number of aryl methyl sites for hydroxylation is 1. The maximum atomic E-state index is 13.5. The van der Waals surface area contributed by atoms with Crippen molar-refractivity contribution in [2.24, 2.45) is 13.0 Å². The van der Waals surface area contributed by atoms with Crippen molar-refractivity contribution in [1.29, 1.82) is 0 Å². The zero-order valence-corrected chi connectivity index (χ0v) is 33.4. The molecule has 1 saturated carbocycles. The van der Waals surface area contributed by atoms with Gasteiger partial charge in [-0.3, -0.25) is 28.8 Å². The van der Waals surface area contributed by atoms with Crippen molar-refractivity contribution < 1.29 is 32.7 Å². The monoisotopic (exact) mass is 817 g/mol. The molecule has 16 heteroatoms. The number of nitrogens with one attached hydrogen (secondary N) is 2. The van der Waals surface area contributed by atoms with E-state index in [1.165, 1.54) is 17.4 Å². The number of anilines is 1. The molecule has 5 heterocycles. The molecular formula is C42H46F3N7O5S. The molecule has 2 aliphatic heterocycles. The number of para-hydroxylation sites is 1. The summed E-state index contributed by atoms with van der Waals surface area (Å²) in [6.07, 6.45) is 1.85. The molecule has 58 heavy (non-hydrogen) atoms. The molecule has 2 saturated heterocycles. The lowest BCUT2D eigenvalue weighted by atomic mass is 9.81. The number of halogens is 3. The first-order valence-electron chi connectivity index (χ1n) is 19.8. The van der Waals surface area contributed by atoms with Gasteiger partial charge in [0, 0.05) is 37.2 Å². The Bertz CT molecular complexity index is 2470. The van der Waals surface area contributed by atoms with E-state index in [-0.39, 0.29) is 35.5 Å². The average molecular weight is 818 g/mol. The van der Waals surface area contributed by atoms with E-state index in [2.05, 4.69) is 26.6 Å². The number of aromatic nitrogens is 4. The SMILES string of the molecule is Cn1c(=O)n(C2CCC(=O)NC2=O)c2cccc(C3CCN(C[C@H]4CC[C@H](c5nc6cc(C(C)(C)O)c(NC(=O)c7cccc(C(F)(F)F)n7)cc6s5)CC4)CC3)c21. The molecule has 0 radical (unpaired) electrons. The van der Waals surface area contributed by atoms with E-state index in [0.717, 1.165) is 96.6 Å². The van der Waals surface area contributed by atoms with Gasteiger partial charge in [0.05, 0.1) is 31.9 Å². The van der Waals surface area contributed by atoms with Gasteiger partial charge in [0.1, 0.15) is 17.4 Å². The van der Waals surface area contributed by atoms with Crippen LogP contribution in [-0.4, -0.2) is 66.5 Å². The van der Waals surface area contributed by atoms with Gasteiger partial charge in [0.25, 0.3) is 5.91 Å². The predicted molar refractivity (Wildman–Crippen MR) is 214 cm³/mol. The summed E-state index contributed by atoms with van der Waals surface area (Å²) in [5, 5.41) is 17.1. The van der Waals surface area contributed by atoms with E-state index < -0.39 is 35.3 Å². The molecule has 3 N–H and O–H groups in total. The highest BCUT2D eigenvalue weighted by Crippen LogP contribution is 2.42. The average Bonchev–Trinajstić information content (AvgIpc) is 3.72. The van der Waals surface area contributed by atoms with Crippen molar-refractivity contribution in [2.75, 3.05) is 25.0 Å². The number of carbonyl (C=O) groups excluding carboxylic acids is 3. The number of fused-ring (bicyclic) bond motifs is 2. The second kappa shape index (κ2) is 15.3. The van der Waals surface area contributed by atoms with E-state index in [0.29, 0.717) is 29.1 Å². The summed E-state index contributed by atoms with van der Waals surface area (Å²) in [5.74, 6) is -0.447. The Morgan fingerprint density at radius 2 is 1.67 bits per heavy atom. The Morgan fingerprint density at radius 3 is 2.36 bits per heavy atom. The van der Waals surface area contributed by atoms with Crippen LogP contribution in [0.25, 0.3) is 21.3 Å². The maximum absolute atomic E-state index is 13.5. The van der Waals surface area contributed by atoms with Crippen LogP contribution in [0.4, 0.5) is 18.9 Å². The second-order valence-corrected chi connectivity index (χ2v) is 17.6. The molecule has 3 amide bonds. The van der Waals surface area contributed by atoms with E-state index in [1.54, 1.807) is 42.2 Å². The van der Waals surface area contributed by atoms with Gasteiger partial charge >= 0.3 is 11.9 Å². The standard InChI is InChI=1S/C42H46F3N7O5S/c1-41(2,57)27-20-30-33(21-29(27)47-37(54)28-7-5-9-34(46-28)42(43,44)45)58-39(48-30)25-12-10-23(11-13-25)22-51-18-16-24(17-19-51)26-6-4-8-31-36(26)50(3)40(56)52(31)32-14-15-35(53)49-38(32)55/h4-9,20-21,23-25,32,57H,10-19,22H2,1-3H3,(H,47,54)(H,49,53,55)/t23-,25-,32?. The van der Waals surface area contributed by atoms with Crippen LogP contribution in [0.15, 0.2) is 53.3 Å². The van der Waals surface area contributed by atoms with E-state index in [1.807, 2.05) is 12.1 Å². The van der Waals surface area contributed by atoms with E-state index >= 15 is 0 Å². The lowest BCUT2D eigenvalue weighted by Crippen LogP contribution is -2.44. The number of imide groups is 1. The summed E-state index contributed by atoms with van der Waals surface area (Å²) < 4.78 is 43.8. The first kappa shape index (κ1) is 39.9. The van der Waals surface area contributed by atoms with Gasteiger partial charge in [-0.2, -0.15) is 13.2 Å². The zero-order valence-electron chi connectivity index (χ0n) is 32.6. The number of thiazole rings is 1. The topological polar surface area (TPSA) is 151 Å². The minimum absolute atomic E-state index is 0.201. The third-order valence-corrected chi connectivity index (χ3v) is 13.3. The van der Waals surface area contributed by atoms with Crippen LogP contribution in [0.2, 0.25) is 0 Å². The molecule has 1 atom stereocenters. The molecule has 306 valence electrons. The van der Waals surface area contributed by atoms with Crippen molar-refractivity contribution in [1.82, 2.24) is 29.3 Å². The number of piperidine rings is 2. The Labute approximate surface area is 336 Å². The van der Waals surface area contributed by atoms with Crippen molar-refractivity contribution >= 4 is 56.0 Å². The second-order valence-electron chi connectivity index (χ2n) is 16.5. The number of hydrogen-bond acceptors (Lipinski definition) is 9. The molecule has 3 fully saturated rings. The van der Waals surface area contributed by atoms with Crippen molar-refractivity contribution in [3.05, 3.63) is 86.5 Å². The number of imidazole rings is 1. The van der Waals surface area contributed by atoms with Crippen LogP contribution in [0, 0.1) is 5.92 Å². The number of hydrogen-bond donors (Lipinski definition) is 3. The molecule has 1 unspecified atom stereocenters. The first-order chi connectivity index (χ1) is 27.5. The Hall–Kier alpha value is -4.93. The van der Waals surface area contributed by atoms with Gasteiger partial charge in [-0.05, 0) is 120 Å². The highest BCUT2D eigenvalue weighted by atomic mass is 32.1. The van der Waals surface area contributed by atoms with Crippen molar-refractivity contribution in [3.63, 3.8) is 0 Å². The normalized spacial score (nSPS) is 21.5. The number of benzene rings is 2. The molecule has 2 aromatic carbocycles. The summed E-state index contributed by atoms with van der Waals surface area (Å²) in [4.78, 5) is 62.1. The fraction of sp³-hybridized carbons (Fsp3) is 0.476. The summed E-state index contributed by atoms with van der Waals surface area (Å²) in [6, 6.07) is 11.9. The summed E-state index contributed by atoms with van der Waals surface area (Å²) in [5.41, 5.74) is 0.920. The number of nitrogens with zero attached hydrogens (tertiary/aromatic N) is 5. The van der Waals surface area contributed by atoms with Gasteiger partial charge < -0.3 is 15.3 Å². The first-order valence-corrected chi connectivity index (χ1v) is 20.7. The van der Waals surface area contributed by atoms with Crippen LogP contribution < -0.4 is 16.3 Å². The lowest BCUT2D eigenvalue weighted by Gasteiger charge is -2.36. The molecule has 12 nitrogen and oxygen atoms in total. The van der Waals surface area contributed by atoms with Crippen molar-refractivity contribution in [2.45, 2.75) is 94.9 Å². The van der Waals surface area contributed by atoms with Crippen LogP contribution in [0.1, 0.15) is 115 Å². The van der Waals surface area contributed by atoms with Crippen LogP contribution in [-0.2, 0) is 28.4 Å². The minimum Gasteiger partial charge on any atom is -0.386 e. The number of aliphatic hydroxyl groups is 1. The quantitative estimate of drug-likeness (QED) is 0.142. The largest absolute Gasteiger partial charge is 0.433 e. The fourth-order valence-corrected chi connectivity index (χ4v) is 10.3. The van der Waals surface area contributed by atoms with Gasteiger partial charge in [-0.25, -0.2) is 14.8 Å². The molecule has 3 aliphatic rings. The van der Waals surface area contributed by atoms with Gasteiger partial charge in [0.2, 0.25) is 11.8 Å². The highest BCUT2D eigenvalue weighted by Gasteiger charge is 2.35. The van der Waals surface area contributed by atoms with Crippen LogP contribution in [0.5, 0.6) is 0 Å². The van der Waals surface area contributed by atoms with E-state index in [9.17, 15) is 37.5 Å². The predicted octanol–water partition coefficient (Wildman–Crippen LogP) is 6.97. The number of carbonyl (C=O) groups is 3.